The van der Waals surface area contributed by atoms with Gasteiger partial charge in [-0.15, -0.1) is 0 Å². The summed E-state index contributed by atoms with van der Waals surface area (Å²) in [6.07, 6.45) is 3.09. The highest BCUT2D eigenvalue weighted by molar-refractivity contribution is 5.94. The van der Waals surface area contributed by atoms with E-state index < -0.39 is 11.6 Å². The highest BCUT2D eigenvalue weighted by atomic mass is 19.2. The number of fused-ring (bicyclic) bond motifs is 1. The summed E-state index contributed by atoms with van der Waals surface area (Å²) < 4.78 is 33.3. The average molecular weight is 411 g/mol. The average Bonchev–Trinajstić information content (AvgIpc) is 3.23. The first-order chi connectivity index (χ1) is 14.3. The van der Waals surface area contributed by atoms with E-state index >= 15 is 0 Å². The summed E-state index contributed by atoms with van der Waals surface area (Å²) in [5, 5.41) is 3.24. The van der Waals surface area contributed by atoms with Crippen molar-refractivity contribution in [1.29, 1.82) is 0 Å². The van der Waals surface area contributed by atoms with Crippen LogP contribution >= 0.6 is 0 Å². The van der Waals surface area contributed by atoms with E-state index in [1.165, 1.54) is 11.6 Å². The van der Waals surface area contributed by atoms with Crippen molar-refractivity contribution >= 4 is 5.91 Å². The smallest absolute Gasteiger partial charge is 0.251 e. The summed E-state index contributed by atoms with van der Waals surface area (Å²) in [7, 11) is 0. The molecule has 3 nitrogen and oxygen atoms in total. The van der Waals surface area contributed by atoms with E-state index in [1.54, 1.807) is 0 Å². The first-order valence-corrected chi connectivity index (χ1v) is 10.8. The Bertz CT molecular complexity index is 976. The van der Waals surface area contributed by atoms with Gasteiger partial charge in [-0.1, -0.05) is 44.2 Å². The molecule has 1 spiro atoms. The van der Waals surface area contributed by atoms with Gasteiger partial charge in [0.2, 0.25) is 0 Å². The molecule has 3 aliphatic rings. The van der Waals surface area contributed by atoms with Gasteiger partial charge in [0, 0.05) is 18.2 Å². The fourth-order valence-corrected chi connectivity index (χ4v) is 6.61. The molecule has 1 saturated heterocycles. The van der Waals surface area contributed by atoms with Crippen LogP contribution in [-0.2, 0) is 4.74 Å². The van der Waals surface area contributed by atoms with Crippen LogP contribution in [0.1, 0.15) is 55.1 Å². The van der Waals surface area contributed by atoms with Gasteiger partial charge < -0.3 is 10.1 Å². The molecule has 1 heterocycles. The fraction of sp³-hybridized carbons (Fsp3) is 0.480. The Balaban J connectivity index is 1.47. The van der Waals surface area contributed by atoms with Crippen molar-refractivity contribution in [3.8, 4) is 0 Å². The maximum absolute atomic E-state index is 13.7. The number of hydrogen-bond donors (Lipinski definition) is 1. The predicted octanol–water partition coefficient (Wildman–Crippen LogP) is 5.28. The van der Waals surface area contributed by atoms with Crippen molar-refractivity contribution < 1.29 is 18.3 Å². The van der Waals surface area contributed by atoms with Gasteiger partial charge in [0.25, 0.3) is 5.91 Å². The number of amides is 1. The van der Waals surface area contributed by atoms with E-state index in [2.05, 4.69) is 31.3 Å². The lowest BCUT2D eigenvalue weighted by Crippen LogP contribution is -2.58. The lowest BCUT2D eigenvalue weighted by molar-refractivity contribution is -0.120. The molecule has 1 amide bonds. The van der Waals surface area contributed by atoms with Crippen LogP contribution in [0, 0.1) is 34.3 Å². The van der Waals surface area contributed by atoms with Gasteiger partial charge in [-0.3, -0.25) is 4.79 Å². The lowest BCUT2D eigenvalue weighted by atomic mass is 9.59. The SMILES string of the molecule is CC1(C)[C@@H]2C[C@@H]3[C@@H](c4ccccc4)OCC[C@]3(C2)[C@H]1NC(=O)c1ccc(F)c(F)c1. The maximum atomic E-state index is 13.7. The van der Waals surface area contributed by atoms with E-state index in [9.17, 15) is 13.6 Å². The third kappa shape index (κ3) is 2.82. The molecule has 5 atom stereocenters. The van der Waals surface area contributed by atoms with Crippen molar-refractivity contribution in [2.75, 3.05) is 6.61 Å². The van der Waals surface area contributed by atoms with Gasteiger partial charge >= 0.3 is 0 Å². The Morgan fingerprint density at radius 1 is 1.10 bits per heavy atom. The molecule has 5 heteroatoms. The number of nitrogens with one attached hydrogen (secondary N) is 1. The van der Waals surface area contributed by atoms with Gasteiger partial charge in [0.15, 0.2) is 11.6 Å². The molecule has 158 valence electrons. The van der Waals surface area contributed by atoms with Crippen molar-refractivity contribution in [3.63, 3.8) is 0 Å². The van der Waals surface area contributed by atoms with Crippen molar-refractivity contribution in [1.82, 2.24) is 5.32 Å². The number of benzene rings is 2. The van der Waals surface area contributed by atoms with E-state index in [0.29, 0.717) is 18.4 Å². The predicted molar refractivity (Wildman–Crippen MR) is 110 cm³/mol. The zero-order valence-corrected chi connectivity index (χ0v) is 17.3. The molecule has 1 N–H and O–H groups in total. The maximum Gasteiger partial charge on any atom is 0.251 e. The Labute approximate surface area is 175 Å². The standard InChI is InChI=1S/C25H27F2NO2/c1-24(2)17-13-18-21(15-6-4-3-5-7-15)30-11-10-25(18,14-17)23(24)28-22(29)16-8-9-19(26)20(27)12-16/h3-9,12,17-18,21,23H,10-11,13-14H2,1-2H3,(H,28,29)/t17-,18-,21-,23+,25-/m1/s1. The molecule has 5 rings (SSSR count). The summed E-state index contributed by atoms with van der Waals surface area (Å²) in [6, 6.07) is 13.6. The molecule has 2 bridgehead atoms. The highest BCUT2D eigenvalue weighted by Crippen LogP contribution is 2.70. The number of hydrogen-bond acceptors (Lipinski definition) is 2. The molecule has 2 aliphatic carbocycles. The summed E-state index contributed by atoms with van der Waals surface area (Å²) in [5.74, 6) is -1.45. The minimum atomic E-state index is -0.999. The van der Waals surface area contributed by atoms with Crippen LogP contribution in [0.4, 0.5) is 8.78 Å². The molecule has 3 fully saturated rings. The summed E-state index contributed by atoms with van der Waals surface area (Å²) >= 11 is 0. The molecule has 0 aromatic heterocycles. The number of carbonyl (C=O) groups is 1. The first kappa shape index (κ1) is 19.7. The second-order valence-electron chi connectivity index (χ2n) is 9.79. The molecule has 1 aliphatic heterocycles. The lowest BCUT2D eigenvalue weighted by Gasteiger charge is -2.53. The largest absolute Gasteiger partial charge is 0.373 e. The Morgan fingerprint density at radius 3 is 2.60 bits per heavy atom. The van der Waals surface area contributed by atoms with E-state index in [1.807, 2.05) is 18.2 Å². The molecular formula is C25H27F2NO2. The normalized spacial score (nSPS) is 33.9. The summed E-state index contributed by atoms with van der Waals surface area (Å²) in [4.78, 5) is 13.0. The molecule has 2 saturated carbocycles. The van der Waals surface area contributed by atoms with E-state index in [-0.39, 0.29) is 34.4 Å². The Kier molecular flexibility index (Phi) is 4.51. The zero-order valence-electron chi connectivity index (χ0n) is 17.3. The topological polar surface area (TPSA) is 38.3 Å². The zero-order chi connectivity index (χ0) is 21.1. The number of rotatable bonds is 3. The van der Waals surface area contributed by atoms with Crippen LogP contribution in [0.5, 0.6) is 0 Å². The van der Waals surface area contributed by atoms with Crippen molar-refractivity contribution in [2.45, 2.75) is 45.3 Å². The van der Waals surface area contributed by atoms with Crippen LogP contribution in [0.25, 0.3) is 0 Å². The number of ether oxygens (including phenoxy) is 1. The quantitative estimate of drug-likeness (QED) is 0.747. The molecule has 30 heavy (non-hydrogen) atoms. The molecule has 0 radical (unpaired) electrons. The molecule has 2 aromatic carbocycles. The fourth-order valence-electron chi connectivity index (χ4n) is 6.61. The van der Waals surface area contributed by atoms with Gasteiger partial charge in [-0.2, -0.15) is 0 Å². The van der Waals surface area contributed by atoms with Crippen LogP contribution < -0.4 is 5.32 Å². The first-order valence-electron chi connectivity index (χ1n) is 10.8. The van der Waals surface area contributed by atoms with Crippen LogP contribution in [-0.4, -0.2) is 18.6 Å². The second-order valence-corrected chi connectivity index (χ2v) is 9.79. The molecule has 0 unspecified atom stereocenters. The van der Waals surface area contributed by atoms with E-state index in [0.717, 1.165) is 31.4 Å². The van der Waals surface area contributed by atoms with Crippen LogP contribution in [0.3, 0.4) is 0 Å². The Morgan fingerprint density at radius 2 is 1.87 bits per heavy atom. The third-order valence-corrected chi connectivity index (χ3v) is 8.09. The van der Waals surface area contributed by atoms with Crippen LogP contribution in [0.2, 0.25) is 0 Å². The Hall–Kier alpha value is -2.27. The summed E-state index contributed by atoms with van der Waals surface area (Å²) in [6.45, 7) is 5.12. The summed E-state index contributed by atoms with van der Waals surface area (Å²) in [5.41, 5.74) is 1.24. The van der Waals surface area contributed by atoms with Gasteiger partial charge in [0.05, 0.1) is 6.10 Å². The van der Waals surface area contributed by atoms with Gasteiger partial charge in [0.1, 0.15) is 0 Å². The third-order valence-electron chi connectivity index (χ3n) is 8.09. The highest BCUT2D eigenvalue weighted by Gasteiger charge is 2.68. The minimum absolute atomic E-state index is 0.0312. The minimum Gasteiger partial charge on any atom is -0.373 e. The van der Waals surface area contributed by atoms with Crippen molar-refractivity contribution in [3.05, 3.63) is 71.3 Å². The van der Waals surface area contributed by atoms with Gasteiger partial charge in [-0.25, -0.2) is 8.78 Å². The van der Waals surface area contributed by atoms with Gasteiger partial charge in [-0.05, 0) is 65.7 Å². The number of carbonyl (C=O) groups excluding carboxylic acids is 1. The molecule has 2 aromatic rings. The number of halogens is 2. The van der Waals surface area contributed by atoms with Crippen molar-refractivity contribution in [2.24, 2.45) is 22.7 Å². The monoisotopic (exact) mass is 411 g/mol. The second kappa shape index (κ2) is 6.88. The molecular weight excluding hydrogens is 384 g/mol. The van der Waals surface area contributed by atoms with E-state index in [4.69, 9.17) is 4.74 Å². The van der Waals surface area contributed by atoms with Crippen LogP contribution in [0.15, 0.2) is 48.5 Å².